The van der Waals surface area contributed by atoms with Gasteiger partial charge in [-0.25, -0.2) is 9.97 Å². The van der Waals surface area contributed by atoms with Crippen molar-refractivity contribution in [2.24, 2.45) is 0 Å². The van der Waals surface area contributed by atoms with Crippen LogP contribution in [-0.4, -0.2) is 19.5 Å². The molecule has 0 fully saturated rings. The Morgan fingerprint density at radius 2 is 2.11 bits per heavy atom. The van der Waals surface area contributed by atoms with Gasteiger partial charge in [-0.1, -0.05) is 17.7 Å². The quantitative estimate of drug-likeness (QED) is 0.696. The van der Waals surface area contributed by atoms with Crippen molar-refractivity contribution in [3.05, 3.63) is 53.2 Å². The summed E-state index contributed by atoms with van der Waals surface area (Å²) in [6.45, 7) is 0.591. The van der Waals surface area contributed by atoms with E-state index in [0.717, 1.165) is 22.7 Å². The third-order valence-corrected chi connectivity index (χ3v) is 3.24. The van der Waals surface area contributed by atoms with Crippen LogP contribution in [0, 0.1) is 0 Å². The van der Waals surface area contributed by atoms with Crippen LogP contribution in [0.5, 0.6) is 0 Å². The molecule has 0 amide bonds. The second-order valence-electron chi connectivity index (χ2n) is 4.07. The first kappa shape index (κ1) is 12.4. The SMILES string of the molecule is ClCc1nc2cc(Cl)cnc2n1Cc1ccccn1. The molecular weight excluding hydrogens is 283 g/mol. The molecule has 3 aromatic heterocycles. The van der Waals surface area contributed by atoms with Gasteiger partial charge >= 0.3 is 0 Å². The Morgan fingerprint density at radius 1 is 1.21 bits per heavy atom. The number of hydrogen-bond acceptors (Lipinski definition) is 3. The number of nitrogens with zero attached hydrogens (tertiary/aromatic N) is 4. The Kier molecular flexibility index (Phi) is 3.36. The maximum atomic E-state index is 5.95. The van der Waals surface area contributed by atoms with Gasteiger partial charge in [0.15, 0.2) is 5.65 Å². The molecule has 0 radical (unpaired) electrons. The van der Waals surface area contributed by atoms with Crippen molar-refractivity contribution in [3.63, 3.8) is 0 Å². The van der Waals surface area contributed by atoms with E-state index in [9.17, 15) is 0 Å². The van der Waals surface area contributed by atoms with E-state index >= 15 is 0 Å². The minimum Gasteiger partial charge on any atom is -0.306 e. The highest BCUT2D eigenvalue weighted by molar-refractivity contribution is 6.31. The first-order valence-electron chi connectivity index (χ1n) is 5.74. The number of halogens is 2. The van der Waals surface area contributed by atoms with Crippen LogP contribution in [0.1, 0.15) is 11.5 Å². The van der Waals surface area contributed by atoms with Gasteiger partial charge in [-0.2, -0.15) is 0 Å². The van der Waals surface area contributed by atoms with Crippen molar-refractivity contribution in [2.45, 2.75) is 12.4 Å². The summed E-state index contributed by atoms with van der Waals surface area (Å²) in [6, 6.07) is 7.58. The predicted molar refractivity (Wildman–Crippen MR) is 75.4 cm³/mol. The molecule has 0 unspecified atom stereocenters. The summed E-state index contributed by atoms with van der Waals surface area (Å²) in [4.78, 5) is 13.1. The molecule has 0 aliphatic carbocycles. The Morgan fingerprint density at radius 3 is 2.84 bits per heavy atom. The van der Waals surface area contributed by atoms with Crippen LogP contribution in [0.25, 0.3) is 11.2 Å². The van der Waals surface area contributed by atoms with E-state index in [1.54, 1.807) is 18.5 Å². The highest BCUT2D eigenvalue weighted by atomic mass is 35.5. The standard InChI is InChI=1S/C13H10Cl2N4/c14-6-12-18-11-5-9(15)7-17-13(11)19(12)8-10-3-1-2-4-16-10/h1-5,7H,6,8H2. The van der Waals surface area contributed by atoms with Gasteiger partial charge < -0.3 is 4.57 Å². The molecular formula is C13H10Cl2N4. The topological polar surface area (TPSA) is 43.6 Å². The summed E-state index contributed by atoms with van der Waals surface area (Å²) in [5.41, 5.74) is 2.45. The van der Waals surface area contributed by atoms with Crippen LogP contribution in [0.15, 0.2) is 36.7 Å². The molecule has 0 atom stereocenters. The summed E-state index contributed by atoms with van der Waals surface area (Å²) < 4.78 is 1.96. The van der Waals surface area contributed by atoms with Crippen LogP contribution < -0.4 is 0 Å². The lowest BCUT2D eigenvalue weighted by atomic mass is 10.3. The van der Waals surface area contributed by atoms with Gasteiger partial charge in [-0.3, -0.25) is 4.98 Å². The van der Waals surface area contributed by atoms with Gasteiger partial charge in [0.05, 0.1) is 23.1 Å². The van der Waals surface area contributed by atoms with Crippen molar-refractivity contribution in [1.82, 2.24) is 19.5 Å². The van der Waals surface area contributed by atoms with E-state index < -0.39 is 0 Å². The van der Waals surface area contributed by atoms with E-state index in [2.05, 4.69) is 15.0 Å². The van der Waals surface area contributed by atoms with Gasteiger partial charge in [0.2, 0.25) is 0 Å². The second kappa shape index (κ2) is 5.15. The molecule has 0 spiro atoms. The summed E-state index contributed by atoms with van der Waals surface area (Å²) in [5, 5.41) is 0.566. The van der Waals surface area contributed by atoms with Crippen molar-refractivity contribution in [2.75, 3.05) is 0 Å². The summed E-state index contributed by atoms with van der Waals surface area (Å²) in [7, 11) is 0. The minimum atomic E-state index is 0.320. The number of imidazole rings is 1. The molecule has 0 bridgehead atoms. The highest BCUT2D eigenvalue weighted by Crippen LogP contribution is 2.20. The lowest BCUT2D eigenvalue weighted by Gasteiger charge is -2.06. The van der Waals surface area contributed by atoms with Crippen LogP contribution in [0.4, 0.5) is 0 Å². The maximum absolute atomic E-state index is 5.95. The van der Waals surface area contributed by atoms with Crippen molar-refractivity contribution >= 4 is 34.4 Å². The Hall–Kier alpha value is -1.65. The molecule has 3 rings (SSSR count). The van der Waals surface area contributed by atoms with Crippen molar-refractivity contribution in [1.29, 1.82) is 0 Å². The van der Waals surface area contributed by atoms with Gasteiger partial charge in [0.25, 0.3) is 0 Å². The number of hydrogen-bond donors (Lipinski definition) is 0. The molecule has 0 saturated carbocycles. The van der Waals surface area contributed by atoms with Crippen molar-refractivity contribution < 1.29 is 0 Å². The van der Waals surface area contributed by atoms with E-state index in [-0.39, 0.29) is 0 Å². The minimum absolute atomic E-state index is 0.320. The first-order valence-corrected chi connectivity index (χ1v) is 6.65. The van der Waals surface area contributed by atoms with Crippen molar-refractivity contribution in [3.8, 4) is 0 Å². The van der Waals surface area contributed by atoms with Crippen LogP contribution in [0.3, 0.4) is 0 Å². The number of alkyl halides is 1. The number of aromatic nitrogens is 4. The summed E-state index contributed by atoms with van der Waals surface area (Å²) >= 11 is 11.9. The van der Waals surface area contributed by atoms with Crippen LogP contribution in [-0.2, 0) is 12.4 Å². The molecule has 19 heavy (non-hydrogen) atoms. The molecule has 0 aliphatic heterocycles. The monoisotopic (exact) mass is 292 g/mol. The zero-order valence-electron chi connectivity index (χ0n) is 9.92. The van der Waals surface area contributed by atoms with Gasteiger partial charge in [-0.05, 0) is 18.2 Å². The molecule has 4 nitrogen and oxygen atoms in total. The molecule has 0 aromatic carbocycles. The Balaban J connectivity index is 2.11. The zero-order chi connectivity index (χ0) is 13.2. The molecule has 3 heterocycles. The number of fused-ring (bicyclic) bond motifs is 1. The normalized spacial score (nSPS) is 11.1. The lowest BCUT2D eigenvalue weighted by Crippen LogP contribution is -2.05. The van der Waals surface area contributed by atoms with E-state index in [0.29, 0.717) is 17.4 Å². The molecule has 3 aromatic rings. The fourth-order valence-electron chi connectivity index (χ4n) is 1.96. The Bertz CT molecular complexity index is 709. The van der Waals surface area contributed by atoms with Gasteiger partial charge in [-0.15, -0.1) is 11.6 Å². The molecule has 96 valence electrons. The van der Waals surface area contributed by atoms with Gasteiger partial charge in [0.1, 0.15) is 11.3 Å². The number of pyridine rings is 2. The smallest absolute Gasteiger partial charge is 0.160 e. The summed E-state index contributed by atoms with van der Waals surface area (Å²) in [6.07, 6.45) is 3.37. The largest absolute Gasteiger partial charge is 0.306 e. The molecule has 6 heteroatoms. The Labute approximate surface area is 120 Å². The average Bonchev–Trinajstić information content (AvgIpc) is 2.77. The van der Waals surface area contributed by atoms with Gasteiger partial charge in [0, 0.05) is 12.4 Å². The third kappa shape index (κ3) is 2.41. The maximum Gasteiger partial charge on any atom is 0.160 e. The highest BCUT2D eigenvalue weighted by Gasteiger charge is 2.12. The molecule has 0 saturated heterocycles. The van der Waals surface area contributed by atoms with Crippen LogP contribution in [0.2, 0.25) is 5.02 Å². The fraction of sp³-hybridized carbons (Fsp3) is 0.154. The predicted octanol–water partition coefficient (Wildman–Crippen LogP) is 3.27. The second-order valence-corrected chi connectivity index (χ2v) is 4.77. The third-order valence-electron chi connectivity index (χ3n) is 2.80. The average molecular weight is 293 g/mol. The number of rotatable bonds is 3. The van der Waals surface area contributed by atoms with E-state index in [4.69, 9.17) is 23.2 Å². The zero-order valence-corrected chi connectivity index (χ0v) is 11.4. The molecule has 0 N–H and O–H groups in total. The fourth-order valence-corrected chi connectivity index (χ4v) is 2.31. The van der Waals surface area contributed by atoms with E-state index in [1.807, 2.05) is 22.8 Å². The molecule has 0 aliphatic rings. The van der Waals surface area contributed by atoms with E-state index in [1.165, 1.54) is 0 Å². The van der Waals surface area contributed by atoms with Crippen LogP contribution >= 0.6 is 23.2 Å². The first-order chi connectivity index (χ1) is 9.28. The lowest BCUT2D eigenvalue weighted by molar-refractivity contribution is 0.751. The summed E-state index contributed by atoms with van der Waals surface area (Å²) in [5.74, 6) is 1.08.